The lowest BCUT2D eigenvalue weighted by Crippen LogP contribution is -2.60. The van der Waals surface area contributed by atoms with E-state index in [-0.39, 0.29) is 76.4 Å². The van der Waals surface area contributed by atoms with Crippen LogP contribution >= 0.6 is 12.6 Å². The van der Waals surface area contributed by atoms with Gasteiger partial charge < -0.3 is 87.4 Å². The first-order valence-electron chi connectivity index (χ1n) is 25.1. The molecule has 0 bridgehead atoms. The molecular weight excluding hydrogens is 957 g/mol. The molecule has 1 aliphatic heterocycles. The fourth-order valence-corrected chi connectivity index (χ4v) is 7.93. The fraction of sp³-hybridized carbons (Fsp3) is 0.778. The van der Waals surface area contributed by atoms with E-state index in [0.29, 0.717) is 77.3 Å². The highest BCUT2D eigenvalue weighted by atomic mass is 32.1. The zero-order valence-electron chi connectivity index (χ0n) is 42.2. The monoisotopic (exact) mass is 1040 g/mol. The lowest BCUT2D eigenvalue weighted by atomic mass is 10.0. The quantitative estimate of drug-likeness (QED) is 0.0120. The highest BCUT2D eigenvalue weighted by Gasteiger charge is 2.37. The normalized spacial score (nSPS) is 16.2. The molecule has 1 heterocycles. The van der Waals surface area contributed by atoms with Gasteiger partial charge in [0.05, 0.1) is 12.6 Å². The molecule has 0 aromatic carbocycles. The number of thiol groups is 1. The van der Waals surface area contributed by atoms with E-state index in [1.54, 1.807) is 13.8 Å². The Balaban J connectivity index is 3.49. The number of nitrogens with two attached hydrogens (primary N) is 7. The number of likely N-dealkylation sites (tertiary alicyclic amines) is 1. The molecule has 27 heteroatoms. The minimum Gasteiger partial charge on any atom is -0.480 e. The summed E-state index contributed by atoms with van der Waals surface area (Å²) in [5, 5.41) is 28.4. The van der Waals surface area contributed by atoms with Crippen LogP contribution in [0.15, 0.2) is 4.99 Å². The number of amides is 8. The van der Waals surface area contributed by atoms with Crippen LogP contribution in [0, 0.1) is 5.92 Å². The molecule has 1 aliphatic rings. The van der Waals surface area contributed by atoms with E-state index in [1.807, 2.05) is 0 Å². The van der Waals surface area contributed by atoms with Crippen molar-refractivity contribution in [3.63, 3.8) is 0 Å². The Morgan fingerprint density at radius 2 is 0.986 bits per heavy atom. The molecule has 26 nitrogen and oxygen atoms in total. The number of nitrogens with zero attached hydrogens (tertiary/aromatic N) is 2. The topological polar surface area (TPSA) is 456 Å². The number of carbonyl (C=O) groups excluding carboxylic acids is 8. The Kier molecular flexibility index (Phi) is 32.8. The molecule has 0 saturated carbocycles. The van der Waals surface area contributed by atoms with Crippen LogP contribution in [-0.2, 0) is 43.2 Å². The number of hydrogen-bond acceptors (Lipinski definition) is 16. The molecule has 0 aromatic rings. The van der Waals surface area contributed by atoms with Gasteiger partial charge in [-0.1, -0.05) is 13.8 Å². The fourth-order valence-electron chi connectivity index (χ4n) is 7.76. The van der Waals surface area contributed by atoms with Crippen LogP contribution in [0.4, 0.5) is 0 Å². The van der Waals surface area contributed by atoms with Gasteiger partial charge in [-0.05, 0) is 135 Å². The third-order valence-corrected chi connectivity index (χ3v) is 12.3. The number of hydrogen-bond donors (Lipinski definition) is 16. The number of carbonyl (C=O) groups is 9. The number of aliphatic carboxylic acids is 1. The van der Waals surface area contributed by atoms with Crippen LogP contribution in [0.2, 0.25) is 0 Å². The van der Waals surface area contributed by atoms with E-state index < -0.39 is 114 Å². The zero-order chi connectivity index (χ0) is 54.2. The van der Waals surface area contributed by atoms with Crippen LogP contribution in [0.25, 0.3) is 0 Å². The van der Waals surface area contributed by atoms with E-state index in [9.17, 15) is 48.3 Å². The number of rotatable bonds is 38. The first-order valence-corrected chi connectivity index (χ1v) is 25.7. The van der Waals surface area contributed by atoms with Crippen molar-refractivity contribution in [3.05, 3.63) is 0 Å². The van der Waals surface area contributed by atoms with Gasteiger partial charge in [-0.2, -0.15) is 12.6 Å². The van der Waals surface area contributed by atoms with Crippen LogP contribution in [0.5, 0.6) is 0 Å². The van der Waals surface area contributed by atoms with Gasteiger partial charge in [-0.3, -0.25) is 43.3 Å². The largest absolute Gasteiger partial charge is 0.480 e. The van der Waals surface area contributed by atoms with Crippen LogP contribution in [0.3, 0.4) is 0 Å². The van der Waals surface area contributed by atoms with Crippen molar-refractivity contribution in [1.29, 1.82) is 0 Å². The maximum Gasteiger partial charge on any atom is 0.326 e. The maximum absolute atomic E-state index is 14.3. The number of guanidine groups is 1. The molecule has 72 heavy (non-hydrogen) atoms. The smallest absolute Gasteiger partial charge is 0.326 e. The summed E-state index contributed by atoms with van der Waals surface area (Å²) >= 11 is 4.00. The molecule has 1 fully saturated rings. The number of carboxylic acid groups (broad SMARTS) is 1. The summed E-state index contributed by atoms with van der Waals surface area (Å²) in [6.45, 7) is 4.33. The molecule has 1 rings (SSSR count). The Labute approximate surface area is 428 Å². The molecule has 0 aromatic heterocycles. The highest BCUT2D eigenvalue weighted by Crippen LogP contribution is 2.19. The lowest BCUT2D eigenvalue weighted by molar-refractivity contribution is -0.143. The summed E-state index contributed by atoms with van der Waals surface area (Å²) in [7, 11) is 0. The molecular formula is C45H86N16O10S. The molecule has 1 saturated heterocycles. The van der Waals surface area contributed by atoms with Crippen LogP contribution in [-0.4, -0.2) is 169 Å². The van der Waals surface area contributed by atoms with Crippen LogP contribution in [0.1, 0.15) is 117 Å². The molecule has 0 spiro atoms. The van der Waals surface area contributed by atoms with Crippen molar-refractivity contribution in [3.8, 4) is 0 Å². The third kappa shape index (κ3) is 24.9. The predicted molar refractivity (Wildman–Crippen MR) is 275 cm³/mol. The molecule has 8 amide bonds. The van der Waals surface area contributed by atoms with Gasteiger partial charge in [0.2, 0.25) is 47.3 Å². The maximum atomic E-state index is 14.3. The van der Waals surface area contributed by atoms with E-state index >= 15 is 0 Å². The minimum absolute atomic E-state index is 0.0256. The van der Waals surface area contributed by atoms with Crippen molar-refractivity contribution < 1.29 is 48.3 Å². The first kappa shape index (κ1) is 64.7. The second-order valence-corrected chi connectivity index (χ2v) is 18.6. The second-order valence-electron chi connectivity index (χ2n) is 18.2. The van der Waals surface area contributed by atoms with E-state index in [4.69, 9.17) is 40.1 Å². The number of carboxylic acids is 1. The summed E-state index contributed by atoms with van der Waals surface area (Å²) < 4.78 is 0. The predicted octanol–water partition coefficient (Wildman–Crippen LogP) is -4.43. The zero-order valence-corrected chi connectivity index (χ0v) is 43.1. The number of aliphatic imine (C=N–C) groups is 1. The summed E-state index contributed by atoms with van der Waals surface area (Å²) in [4.78, 5) is 127. The molecule has 8 atom stereocenters. The van der Waals surface area contributed by atoms with Gasteiger partial charge in [0.25, 0.3) is 0 Å². The highest BCUT2D eigenvalue weighted by molar-refractivity contribution is 7.80. The van der Waals surface area contributed by atoms with Gasteiger partial charge in [-0.15, -0.1) is 0 Å². The average Bonchev–Trinajstić information content (AvgIpc) is 3.84. The average molecular weight is 1040 g/mol. The molecule has 0 unspecified atom stereocenters. The SMILES string of the molecule is CC(C)[C@H](NC(=O)[C@H](CCCCN)NC(=O)[C@H](CCCN=C(N)N)NC(=O)[C@H](CCCCN)NC(=O)[C@H](CCCCN)NC(=O)[C@H](CCCCN)NC(=O)[C@@H]1CCCN1C(=O)CNC(=O)[C@@H](N)CS)C(=O)O. The Morgan fingerprint density at radius 1 is 0.597 bits per heavy atom. The Hall–Kier alpha value is -5.35. The van der Waals surface area contributed by atoms with Gasteiger partial charge in [-0.25, -0.2) is 4.79 Å². The Bertz CT molecular complexity index is 1760. The third-order valence-electron chi connectivity index (χ3n) is 12.0. The van der Waals surface area contributed by atoms with E-state index in [2.05, 4.69) is 54.8 Å². The van der Waals surface area contributed by atoms with Gasteiger partial charge in [0.1, 0.15) is 42.3 Å². The number of unbranched alkanes of at least 4 members (excludes halogenated alkanes) is 4. The van der Waals surface area contributed by atoms with Crippen molar-refractivity contribution in [2.24, 2.45) is 51.0 Å². The van der Waals surface area contributed by atoms with E-state index in [0.717, 1.165) is 0 Å². The van der Waals surface area contributed by atoms with Gasteiger partial charge >= 0.3 is 5.97 Å². The van der Waals surface area contributed by atoms with Crippen LogP contribution < -0.4 is 77.4 Å². The molecule has 0 aliphatic carbocycles. The Morgan fingerprint density at radius 3 is 1.35 bits per heavy atom. The summed E-state index contributed by atoms with van der Waals surface area (Å²) in [6.07, 6.45) is 4.91. The van der Waals surface area contributed by atoms with Crippen molar-refractivity contribution in [1.82, 2.24) is 42.1 Å². The minimum atomic E-state index is -1.30. The second kappa shape index (κ2) is 36.5. The molecule has 22 N–H and O–H groups in total. The summed E-state index contributed by atoms with van der Waals surface area (Å²) in [6, 6.07) is -9.28. The van der Waals surface area contributed by atoms with E-state index in [1.165, 1.54) is 4.90 Å². The standard InChI is InChI=1S/C45H86N16O10S/c1-27(2)36(44(70)71)60-42(68)32(16-6-10-22-49)57-41(67)33(17-11-23-53-45(51)52)58-39(65)30(14-4-8-20-47)55-38(64)29(13-3-7-19-46)56-40(66)31(15-5-9-21-48)59-43(69)34-18-12-24-61(34)35(62)25-54-37(63)28(50)26-72/h27-34,36,72H,3-26,46-50H2,1-2H3,(H,54,63)(H,55,64)(H,56,66)(H,57,67)(H,58,65)(H,59,69)(H,60,68)(H,70,71)(H4,51,52,53)/t28-,29-,30-,31-,32-,33-,34-,36-/m0/s1. The van der Waals surface area contributed by atoms with Crippen molar-refractivity contribution in [2.75, 3.05) is 51.6 Å². The number of nitrogens with one attached hydrogen (secondary N) is 7. The summed E-state index contributed by atoms with van der Waals surface area (Å²) in [5.41, 5.74) is 39.7. The summed E-state index contributed by atoms with van der Waals surface area (Å²) in [5.74, 6) is -7.30. The lowest BCUT2D eigenvalue weighted by Gasteiger charge is -2.29. The molecule has 412 valence electrons. The molecule has 0 radical (unpaired) electrons. The van der Waals surface area contributed by atoms with Crippen molar-refractivity contribution in [2.45, 2.75) is 165 Å². The van der Waals surface area contributed by atoms with Gasteiger partial charge in [0.15, 0.2) is 5.96 Å². The van der Waals surface area contributed by atoms with Gasteiger partial charge in [0, 0.05) is 18.8 Å². The van der Waals surface area contributed by atoms with Crippen molar-refractivity contribution >= 4 is 71.8 Å². The first-order chi connectivity index (χ1) is 34.3.